The fraction of sp³-hybridized carbons (Fsp3) is 0.250. The van der Waals surface area contributed by atoms with Crippen molar-refractivity contribution in [1.82, 2.24) is 9.97 Å². The number of phosphoric acid groups is 1. The minimum Gasteiger partial charge on any atom is -2.00 e. The SMILES string of the molecule is CO.O=P([O-])(O)OC[C@H]([O-])C[O-].[O-2].[Re].c1cnc2c(c1)ccc1cccnc12. The van der Waals surface area contributed by atoms with Crippen LogP contribution in [0.3, 0.4) is 0 Å². The number of rotatable bonds is 4. The Kier molecular flexibility index (Phi) is 15.1. The van der Waals surface area contributed by atoms with Crippen LogP contribution in [0.5, 0.6) is 0 Å². The molecule has 3 rings (SSSR count). The summed E-state index contributed by atoms with van der Waals surface area (Å²) in [5.74, 6) is 0. The molecule has 0 amide bonds. The Bertz CT molecular complexity index is 809. The molecular formula is C16H18N2O8PRe-5. The maximum absolute atomic E-state index is 10.1. The number of pyridine rings is 2. The number of aliphatic hydroxyl groups is 1. The zero-order chi connectivity index (χ0) is 19.6. The maximum Gasteiger partial charge on any atom is 0.265 e. The van der Waals surface area contributed by atoms with Crippen LogP contribution in [0.4, 0.5) is 0 Å². The normalized spacial score (nSPS) is 12.8. The van der Waals surface area contributed by atoms with Crippen molar-refractivity contribution in [2.75, 3.05) is 20.3 Å². The Morgan fingerprint density at radius 3 is 1.86 bits per heavy atom. The van der Waals surface area contributed by atoms with E-state index >= 15 is 0 Å². The van der Waals surface area contributed by atoms with E-state index in [1.54, 1.807) is 12.4 Å². The van der Waals surface area contributed by atoms with E-state index in [-0.39, 0.29) is 25.9 Å². The van der Waals surface area contributed by atoms with Gasteiger partial charge in [-0.05, 0) is 12.1 Å². The van der Waals surface area contributed by atoms with Crippen LogP contribution in [0, 0.1) is 0 Å². The van der Waals surface area contributed by atoms with Crippen molar-refractivity contribution in [2.24, 2.45) is 0 Å². The standard InChI is InChI=1S/C12H8N2.C3H7O6P.CH4O.O.Re/c1-3-9-5-6-10-4-2-8-14-12(10)11(9)13-7-1;4-1-3(5)2-9-10(6,7)8;1-2;;/h1-8H;3H,1-2H2,(H2,6,7,8);2H,1H3;;/q;-2;;-2;/p-1/t;3-;;;/m.1.../s1. The van der Waals surface area contributed by atoms with Gasteiger partial charge in [-0.25, -0.2) is 0 Å². The van der Waals surface area contributed by atoms with E-state index in [0.29, 0.717) is 0 Å². The smallest absolute Gasteiger partial charge is 0.265 e. The van der Waals surface area contributed by atoms with Crippen LogP contribution in [0.25, 0.3) is 21.8 Å². The number of aromatic nitrogens is 2. The Morgan fingerprint density at radius 1 is 1.07 bits per heavy atom. The van der Waals surface area contributed by atoms with Gasteiger partial charge in [0.2, 0.25) is 0 Å². The zero-order valence-corrected chi connectivity index (χ0v) is 18.3. The number of aliphatic hydroxyl groups excluding tert-OH is 1. The van der Waals surface area contributed by atoms with Gasteiger partial charge in [0, 0.05) is 57.3 Å². The summed E-state index contributed by atoms with van der Waals surface area (Å²) in [6.45, 7) is -1.78. The monoisotopic (exact) mass is 584 g/mol. The molecule has 1 unspecified atom stereocenters. The predicted octanol–water partition coefficient (Wildman–Crippen LogP) is -1.18. The van der Waals surface area contributed by atoms with Gasteiger partial charge in [-0.2, -0.15) is 6.61 Å². The number of benzene rings is 1. The molecule has 0 saturated carbocycles. The van der Waals surface area contributed by atoms with Crippen LogP contribution in [-0.4, -0.2) is 46.4 Å². The molecule has 2 N–H and O–H groups in total. The maximum atomic E-state index is 10.1. The van der Waals surface area contributed by atoms with Crippen molar-refractivity contribution in [3.05, 3.63) is 48.8 Å². The first-order valence-corrected chi connectivity index (χ1v) is 8.85. The summed E-state index contributed by atoms with van der Waals surface area (Å²) < 4.78 is 13.4. The van der Waals surface area contributed by atoms with Gasteiger partial charge >= 0.3 is 0 Å². The third kappa shape index (κ3) is 9.73. The summed E-state index contributed by atoms with van der Waals surface area (Å²) in [4.78, 5) is 26.4. The van der Waals surface area contributed by atoms with Gasteiger partial charge in [0.15, 0.2) is 0 Å². The summed E-state index contributed by atoms with van der Waals surface area (Å²) in [7, 11) is -3.82. The van der Waals surface area contributed by atoms with Gasteiger partial charge in [0.1, 0.15) is 0 Å². The molecule has 1 aromatic carbocycles. The van der Waals surface area contributed by atoms with E-state index in [2.05, 4.69) is 38.8 Å². The molecule has 0 fully saturated rings. The van der Waals surface area contributed by atoms with E-state index in [9.17, 15) is 19.7 Å². The fourth-order valence-electron chi connectivity index (χ4n) is 1.91. The van der Waals surface area contributed by atoms with Gasteiger partial charge in [-0.3, -0.25) is 14.5 Å². The summed E-state index contributed by atoms with van der Waals surface area (Å²) in [5.41, 5.74) is 1.95. The third-order valence-electron chi connectivity index (χ3n) is 2.95. The van der Waals surface area contributed by atoms with Crippen molar-refractivity contribution in [3.8, 4) is 0 Å². The van der Waals surface area contributed by atoms with Crippen molar-refractivity contribution in [2.45, 2.75) is 6.10 Å². The molecular weight excluding hydrogens is 565 g/mol. The van der Waals surface area contributed by atoms with E-state index in [4.69, 9.17) is 10.00 Å². The first kappa shape index (κ1) is 28.9. The van der Waals surface area contributed by atoms with Crippen molar-refractivity contribution in [3.63, 3.8) is 0 Å². The number of fused-ring (bicyclic) bond motifs is 3. The van der Waals surface area contributed by atoms with E-state index in [0.717, 1.165) is 28.9 Å². The number of hydrogen-bond acceptors (Lipinski definition) is 8. The Morgan fingerprint density at radius 2 is 1.50 bits per heavy atom. The minimum atomic E-state index is -4.82. The molecule has 2 aromatic heterocycles. The van der Waals surface area contributed by atoms with Gasteiger partial charge in [-0.15, -0.1) is 6.10 Å². The van der Waals surface area contributed by atoms with Crippen LogP contribution in [0.1, 0.15) is 0 Å². The second-order valence-electron chi connectivity index (χ2n) is 4.77. The van der Waals surface area contributed by atoms with Crippen molar-refractivity contribution < 1.29 is 60.1 Å². The van der Waals surface area contributed by atoms with Gasteiger partial charge in [-0.1, -0.05) is 24.3 Å². The van der Waals surface area contributed by atoms with Crippen LogP contribution in [0.15, 0.2) is 48.8 Å². The van der Waals surface area contributed by atoms with Gasteiger partial charge in [0.05, 0.1) is 11.0 Å². The van der Waals surface area contributed by atoms with Crippen molar-refractivity contribution in [1.29, 1.82) is 0 Å². The van der Waals surface area contributed by atoms with E-state index in [1.165, 1.54) is 0 Å². The molecule has 0 saturated heterocycles. The molecule has 28 heavy (non-hydrogen) atoms. The average molecular weight is 584 g/mol. The van der Waals surface area contributed by atoms with Crippen LogP contribution in [-0.2, 0) is 35.0 Å². The summed E-state index contributed by atoms with van der Waals surface area (Å²) in [6, 6.07) is 12.1. The molecule has 0 aliphatic carbocycles. The molecule has 1 radical (unpaired) electrons. The second-order valence-corrected chi connectivity index (χ2v) is 5.96. The average Bonchev–Trinajstić information content (AvgIpc) is 2.67. The van der Waals surface area contributed by atoms with Gasteiger partial charge in [0.25, 0.3) is 7.82 Å². The zero-order valence-electron chi connectivity index (χ0n) is 14.7. The van der Waals surface area contributed by atoms with Gasteiger partial charge < -0.3 is 35.1 Å². The second kappa shape index (κ2) is 14.6. The molecule has 157 valence electrons. The Balaban J connectivity index is 0. The van der Waals surface area contributed by atoms with Crippen LogP contribution < -0.4 is 15.1 Å². The largest absolute Gasteiger partial charge is 2.00 e. The van der Waals surface area contributed by atoms with E-state index in [1.807, 2.05) is 12.1 Å². The molecule has 12 heteroatoms. The quantitative estimate of drug-likeness (QED) is 0.281. The molecule has 2 atom stereocenters. The summed E-state index contributed by atoms with van der Waals surface area (Å²) >= 11 is 0. The Labute approximate surface area is 175 Å². The number of phosphoric ester groups is 1. The molecule has 0 spiro atoms. The topological polar surface area (TPSA) is 190 Å². The van der Waals surface area contributed by atoms with Crippen LogP contribution >= 0.6 is 7.82 Å². The molecule has 2 heterocycles. The molecule has 0 bridgehead atoms. The first-order valence-electron chi connectivity index (χ1n) is 7.36. The molecule has 0 aliphatic heterocycles. The fourth-order valence-corrected chi connectivity index (χ4v) is 2.26. The molecule has 0 aliphatic rings. The minimum absolute atomic E-state index is 0. The predicted molar refractivity (Wildman–Crippen MR) is 90.3 cm³/mol. The Hall–Kier alpha value is -1.35. The summed E-state index contributed by atoms with van der Waals surface area (Å²) in [5, 5.41) is 29.1. The molecule has 10 nitrogen and oxygen atoms in total. The number of hydrogen-bond donors (Lipinski definition) is 2. The molecule has 3 aromatic rings. The van der Waals surface area contributed by atoms with Crippen LogP contribution in [0.2, 0.25) is 0 Å². The van der Waals surface area contributed by atoms with Crippen molar-refractivity contribution >= 4 is 29.6 Å². The first-order chi connectivity index (χ1) is 12.4. The third-order valence-corrected chi connectivity index (χ3v) is 3.43. The summed E-state index contributed by atoms with van der Waals surface area (Å²) in [6.07, 6.45) is 1.96. The van der Waals surface area contributed by atoms with E-state index < -0.39 is 27.1 Å². The number of nitrogens with zero attached hydrogens (tertiary/aromatic N) is 2.